The fraction of sp³-hybridized carbons (Fsp3) is 0.900. The standard InChI is InChI=1S/C10H20N2O3/c1-10(2,3)15-9(13)12-4-5-14-7-8(11)6-12/h8H,4-7,11H2,1-3H3/t8-/m1/s1. The Hall–Kier alpha value is -0.810. The highest BCUT2D eigenvalue weighted by molar-refractivity contribution is 5.68. The molecule has 0 spiro atoms. The molecule has 1 heterocycles. The Bertz CT molecular complexity index is 225. The number of carbonyl (C=O) groups excluding carboxylic acids is 1. The zero-order valence-corrected chi connectivity index (χ0v) is 9.66. The third kappa shape index (κ3) is 4.48. The van der Waals surface area contributed by atoms with Crippen molar-refractivity contribution in [2.75, 3.05) is 26.3 Å². The van der Waals surface area contributed by atoms with Crippen LogP contribution in [0.5, 0.6) is 0 Å². The lowest BCUT2D eigenvalue weighted by Crippen LogP contribution is -2.43. The van der Waals surface area contributed by atoms with Gasteiger partial charge in [0.05, 0.1) is 13.2 Å². The van der Waals surface area contributed by atoms with Gasteiger partial charge in [-0.2, -0.15) is 0 Å². The molecule has 0 radical (unpaired) electrons. The molecule has 1 aliphatic rings. The first kappa shape index (κ1) is 12.3. The van der Waals surface area contributed by atoms with Crippen molar-refractivity contribution in [2.45, 2.75) is 32.4 Å². The van der Waals surface area contributed by atoms with Crippen LogP contribution in [0.4, 0.5) is 4.79 Å². The number of nitrogens with two attached hydrogens (primary N) is 1. The van der Waals surface area contributed by atoms with E-state index in [1.54, 1.807) is 4.90 Å². The number of amides is 1. The van der Waals surface area contributed by atoms with Crippen molar-refractivity contribution in [1.82, 2.24) is 4.90 Å². The highest BCUT2D eigenvalue weighted by Gasteiger charge is 2.25. The summed E-state index contributed by atoms with van der Waals surface area (Å²) < 4.78 is 10.5. The fourth-order valence-corrected chi connectivity index (χ4v) is 1.33. The lowest BCUT2D eigenvalue weighted by molar-refractivity contribution is 0.0241. The summed E-state index contributed by atoms with van der Waals surface area (Å²) in [6.07, 6.45) is -0.316. The SMILES string of the molecule is CC(C)(C)OC(=O)N1CCOC[C@H](N)C1. The highest BCUT2D eigenvalue weighted by atomic mass is 16.6. The maximum absolute atomic E-state index is 11.7. The lowest BCUT2D eigenvalue weighted by Gasteiger charge is -2.26. The van der Waals surface area contributed by atoms with E-state index < -0.39 is 5.60 Å². The zero-order chi connectivity index (χ0) is 11.5. The smallest absolute Gasteiger partial charge is 0.410 e. The average Bonchev–Trinajstić information content (AvgIpc) is 2.26. The maximum atomic E-state index is 11.7. The second-order valence-electron chi connectivity index (χ2n) is 4.76. The van der Waals surface area contributed by atoms with Gasteiger partial charge in [0.1, 0.15) is 5.60 Å². The van der Waals surface area contributed by atoms with Crippen LogP contribution in [0.15, 0.2) is 0 Å². The van der Waals surface area contributed by atoms with Gasteiger partial charge in [-0.1, -0.05) is 0 Å². The number of carbonyl (C=O) groups is 1. The van der Waals surface area contributed by atoms with Crippen LogP contribution < -0.4 is 5.73 Å². The maximum Gasteiger partial charge on any atom is 0.410 e. The molecule has 15 heavy (non-hydrogen) atoms. The molecule has 5 heteroatoms. The summed E-state index contributed by atoms with van der Waals surface area (Å²) in [6, 6.07) is -0.125. The zero-order valence-electron chi connectivity index (χ0n) is 9.66. The predicted molar refractivity (Wildman–Crippen MR) is 56.6 cm³/mol. The van der Waals surface area contributed by atoms with Crippen LogP contribution in [-0.2, 0) is 9.47 Å². The minimum Gasteiger partial charge on any atom is -0.444 e. The summed E-state index contributed by atoms with van der Waals surface area (Å²) >= 11 is 0. The second-order valence-corrected chi connectivity index (χ2v) is 4.76. The van der Waals surface area contributed by atoms with Crippen LogP contribution >= 0.6 is 0 Å². The van der Waals surface area contributed by atoms with Gasteiger partial charge >= 0.3 is 6.09 Å². The first-order chi connectivity index (χ1) is 6.88. The van der Waals surface area contributed by atoms with Gasteiger partial charge in [-0.25, -0.2) is 4.79 Å². The Kier molecular flexibility index (Phi) is 3.93. The predicted octanol–water partition coefficient (Wildman–Crippen LogP) is 0.581. The van der Waals surface area contributed by atoms with Gasteiger partial charge in [-0.05, 0) is 20.8 Å². The molecule has 1 rings (SSSR count). The van der Waals surface area contributed by atoms with Gasteiger partial charge in [0.25, 0.3) is 0 Å². The monoisotopic (exact) mass is 216 g/mol. The van der Waals surface area contributed by atoms with Crippen molar-refractivity contribution in [3.63, 3.8) is 0 Å². The Morgan fingerprint density at radius 2 is 2.20 bits per heavy atom. The van der Waals surface area contributed by atoms with Crippen LogP contribution in [0.1, 0.15) is 20.8 Å². The molecule has 0 unspecified atom stereocenters. The Morgan fingerprint density at radius 1 is 1.53 bits per heavy atom. The quantitative estimate of drug-likeness (QED) is 0.643. The second kappa shape index (κ2) is 4.81. The van der Waals surface area contributed by atoms with Gasteiger partial charge in [-0.15, -0.1) is 0 Å². The van der Waals surface area contributed by atoms with Crippen LogP contribution in [-0.4, -0.2) is 48.9 Å². The van der Waals surface area contributed by atoms with Crippen molar-refractivity contribution in [1.29, 1.82) is 0 Å². The van der Waals surface area contributed by atoms with Gasteiger partial charge in [0.15, 0.2) is 0 Å². The van der Waals surface area contributed by atoms with Crippen LogP contribution in [0.25, 0.3) is 0 Å². The van der Waals surface area contributed by atoms with E-state index in [0.717, 1.165) is 0 Å². The van der Waals surface area contributed by atoms with E-state index in [0.29, 0.717) is 26.3 Å². The number of hydrogen-bond acceptors (Lipinski definition) is 4. The van der Waals surface area contributed by atoms with E-state index in [2.05, 4.69) is 0 Å². The summed E-state index contributed by atoms with van der Waals surface area (Å²) in [7, 11) is 0. The fourth-order valence-electron chi connectivity index (χ4n) is 1.33. The molecule has 0 aromatic heterocycles. The Labute approximate surface area is 90.5 Å². The molecule has 1 saturated heterocycles. The molecule has 0 aromatic rings. The number of rotatable bonds is 0. The summed E-state index contributed by atoms with van der Waals surface area (Å²) in [5.74, 6) is 0. The molecule has 0 aromatic carbocycles. The van der Waals surface area contributed by atoms with Gasteiger partial charge in [0, 0.05) is 19.1 Å². The van der Waals surface area contributed by atoms with E-state index in [-0.39, 0.29) is 12.1 Å². The molecule has 1 aliphatic heterocycles. The molecular weight excluding hydrogens is 196 g/mol. The number of hydrogen-bond donors (Lipinski definition) is 1. The molecule has 1 amide bonds. The minimum absolute atomic E-state index is 0.125. The van der Waals surface area contributed by atoms with Gasteiger partial charge < -0.3 is 20.1 Å². The van der Waals surface area contributed by atoms with E-state index in [1.165, 1.54) is 0 Å². The van der Waals surface area contributed by atoms with E-state index >= 15 is 0 Å². The normalized spacial score (nSPS) is 23.5. The van der Waals surface area contributed by atoms with Gasteiger partial charge in [0.2, 0.25) is 0 Å². The summed E-state index contributed by atoms with van der Waals surface area (Å²) in [4.78, 5) is 13.3. The minimum atomic E-state index is -0.464. The van der Waals surface area contributed by atoms with E-state index in [4.69, 9.17) is 15.2 Å². The topological polar surface area (TPSA) is 64.8 Å². The lowest BCUT2D eigenvalue weighted by atomic mass is 10.2. The first-order valence-corrected chi connectivity index (χ1v) is 5.20. The third-order valence-electron chi connectivity index (χ3n) is 1.94. The summed E-state index contributed by atoms with van der Waals surface area (Å²) in [5.41, 5.74) is 5.29. The molecule has 2 N–H and O–H groups in total. The van der Waals surface area contributed by atoms with Crippen molar-refractivity contribution in [3.8, 4) is 0 Å². The van der Waals surface area contributed by atoms with Crippen molar-refractivity contribution in [3.05, 3.63) is 0 Å². The molecule has 5 nitrogen and oxygen atoms in total. The van der Waals surface area contributed by atoms with E-state index in [9.17, 15) is 4.79 Å². The average molecular weight is 216 g/mol. The molecule has 0 saturated carbocycles. The van der Waals surface area contributed by atoms with Crippen LogP contribution in [0.2, 0.25) is 0 Å². The van der Waals surface area contributed by atoms with Crippen molar-refractivity contribution >= 4 is 6.09 Å². The van der Waals surface area contributed by atoms with Crippen LogP contribution in [0.3, 0.4) is 0 Å². The third-order valence-corrected chi connectivity index (χ3v) is 1.94. The Morgan fingerprint density at radius 3 is 2.80 bits per heavy atom. The number of ether oxygens (including phenoxy) is 2. The van der Waals surface area contributed by atoms with Crippen molar-refractivity contribution < 1.29 is 14.3 Å². The molecular formula is C10H20N2O3. The highest BCUT2D eigenvalue weighted by Crippen LogP contribution is 2.11. The van der Waals surface area contributed by atoms with Crippen LogP contribution in [0, 0.1) is 0 Å². The largest absolute Gasteiger partial charge is 0.444 e. The summed E-state index contributed by atoms with van der Waals surface area (Å²) in [6.45, 7) is 7.60. The van der Waals surface area contributed by atoms with Crippen molar-refractivity contribution in [2.24, 2.45) is 5.73 Å². The molecule has 1 atom stereocenters. The number of nitrogens with zero attached hydrogens (tertiary/aromatic N) is 1. The molecule has 88 valence electrons. The molecule has 0 aliphatic carbocycles. The van der Waals surface area contributed by atoms with E-state index in [1.807, 2.05) is 20.8 Å². The Balaban J connectivity index is 2.50. The van der Waals surface area contributed by atoms with Gasteiger partial charge in [-0.3, -0.25) is 0 Å². The first-order valence-electron chi connectivity index (χ1n) is 5.20. The summed E-state index contributed by atoms with van der Waals surface area (Å²) in [5, 5.41) is 0. The molecule has 1 fully saturated rings. The molecule has 0 bridgehead atoms.